The lowest BCUT2D eigenvalue weighted by molar-refractivity contribution is -0.116. The van der Waals surface area contributed by atoms with Crippen LogP contribution >= 0.6 is 12.4 Å². The van der Waals surface area contributed by atoms with Gasteiger partial charge >= 0.3 is 0 Å². The number of carbonyl (C=O) groups is 2. The SMILES string of the molecule is Cl.O=C1CCc2cc(C(=O)N3CC[C@@H]4CNC[C@@H]4CC3)c(F)cc2N1. The van der Waals surface area contributed by atoms with Gasteiger partial charge in [-0.3, -0.25) is 9.59 Å². The van der Waals surface area contributed by atoms with Crippen LogP contribution in [0.2, 0.25) is 0 Å². The minimum Gasteiger partial charge on any atom is -0.339 e. The molecular formula is C18H23ClFN3O2. The molecule has 3 heterocycles. The Hall–Kier alpha value is -1.66. The zero-order valence-corrected chi connectivity index (χ0v) is 14.8. The Morgan fingerprint density at radius 2 is 1.80 bits per heavy atom. The largest absolute Gasteiger partial charge is 0.339 e. The maximum atomic E-state index is 14.4. The third-order valence-corrected chi connectivity index (χ3v) is 5.63. The van der Waals surface area contributed by atoms with Gasteiger partial charge < -0.3 is 15.5 Å². The van der Waals surface area contributed by atoms with Gasteiger partial charge in [-0.2, -0.15) is 0 Å². The molecule has 7 heteroatoms. The van der Waals surface area contributed by atoms with Crippen molar-refractivity contribution in [3.05, 3.63) is 29.1 Å². The van der Waals surface area contributed by atoms with Crippen molar-refractivity contribution < 1.29 is 14.0 Å². The Labute approximate surface area is 152 Å². The lowest BCUT2D eigenvalue weighted by Crippen LogP contribution is -2.33. The molecule has 3 aliphatic heterocycles. The molecule has 1 aromatic rings. The maximum absolute atomic E-state index is 14.4. The molecular weight excluding hydrogens is 345 g/mol. The smallest absolute Gasteiger partial charge is 0.256 e. The van der Waals surface area contributed by atoms with Gasteiger partial charge in [-0.1, -0.05) is 0 Å². The van der Waals surface area contributed by atoms with Gasteiger partial charge in [-0.25, -0.2) is 4.39 Å². The van der Waals surface area contributed by atoms with Crippen LogP contribution < -0.4 is 10.6 Å². The molecule has 0 unspecified atom stereocenters. The molecule has 2 atom stereocenters. The number of aryl methyl sites for hydroxylation is 1. The lowest BCUT2D eigenvalue weighted by atomic mass is 9.92. The standard InChI is InChI=1S/C18H22FN3O2.ClH/c19-15-8-16-11(1-2-17(23)21-16)7-14(15)18(24)22-5-3-12-9-20-10-13(12)4-6-22;/h7-8,12-13,20H,1-6,9-10H2,(H,21,23);1H/t12-,13+;. The molecule has 25 heavy (non-hydrogen) atoms. The highest BCUT2D eigenvalue weighted by Gasteiger charge is 2.32. The first kappa shape index (κ1) is 18.1. The van der Waals surface area contributed by atoms with Gasteiger partial charge in [0.1, 0.15) is 5.82 Å². The van der Waals surface area contributed by atoms with Gasteiger partial charge in [0.05, 0.1) is 5.56 Å². The van der Waals surface area contributed by atoms with E-state index in [1.807, 2.05) is 0 Å². The van der Waals surface area contributed by atoms with Gasteiger partial charge in [0.2, 0.25) is 5.91 Å². The summed E-state index contributed by atoms with van der Waals surface area (Å²) < 4.78 is 14.4. The highest BCUT2D eigenvalue weighted by atomic mass is 35.5. The van der Waals surface area contributed by atoms with Gasteiger partial charge in [-0.15, -0.1) is 12.4 Å². The van der Waals surface area contributed by atoms with E-state index in [-0.39, 0.29) is 29.8 Å². The van der Waals surface area contributed by atoms with Crippen molar-refractivity contribution in [1.29, 1.82) is 0 Å². The zero-order valence-electron chi connectivity index (χ0n) is 14.0. The molecule has 0 spiro atoms. The molecule has 0 bridgehead atoms. The number of likely N-dealkylation sites (tertiary alicyclic amines) is 1. The van der Waals surface area contributed by atoms with Gasteiger partial charge in [-0.05, 0) is 61.9 Å². The van der Waals surface area contributed by atoms with E-state index in [4.69, 9.17) is 0 Å². The van der Waals surface area contributed by atoms with Crippen molar-refractivity contribution in [2.24, 2.45) is 11.8 Å². The van der Waals surface area contributed by atoms with E-state index in [9.17, 15) is 14.0 Å². The fraction of sp³-hybridized carbons (Fsp3) is 0.556. The van der Waals surface area contributed by atoms with E-state index in [0.29, 0.717) is 43.5 Å². The average molecular weight is 368 g/mol. The van der Waals surface area contributed by atoms with E-state index < -0.39 is 5.82 Å². The number of hydrogen-bond donors (Lipinski definition) is 2. The summed E-state index contributed by atoms with van der Waals surface area (Å²) in [7, 11) is 0. The van der Waals surface area contributed by atoms with Crippen LogP contribution in [-0.4, -0.2) is 42.9 Å². The van der Waals surface area contributed by atoms with Crippen molar-refractivity contribution in [3.63, 3.8) is 0 Å². The van der Waals surface area contributed by atoms with Crippen LogP contribution in [0.4, 0.5) is 10.1 Å². The number of nitrogens with zero attached hydrogens (tertiary/aromatic N) is 1. The topological polar surface area (TPSA) is 61.4 Å². The molecule has 5 nitrogen and oxygen atoms in total. The summed E-state index contributed by atoms with van der Waals surface area (Å²) >= 11 is 0. The van der Waals surface area contributed by atoms with Crippen molar-refractivity contribution in [1.82, 2.24) is 10.2 Å². The van der Waals surface area contributed by atoms with Crippen molar-refractivity contribution in [3.8, 4) is 0 Å². The van der Waals surface area contributed by atoms with Crippen LogP contribution in [0.15, 0.2) is 12.1 Å². The quantitative estimate of drug-likeness (QED) is 0.800. The Balaban J connectivity index is 0.00000182. The summed E-state index contributed by atoms with van der Waals surface area (Å²) in [6, 6.07) is 2.91. The number of anilines is 1. The molecule has 4 rings (SSSR count). The Morgan fingerprint density at radius 1 is 1.12 bits per heavy atom. The van der Waals surface area contributed by atoms with Crippen LogP contribution in [0.5, 0.6) is 0 Å². The van der Waals surface area contributed by atoms with E-state index in [1.165, 1.54) is 6.07 Å². The van der Waals surface area contributed by atoms with Crippen LogP contribution in [0.25, 0.3) is 0 Å². The van der Waals surface area contributed by atoms with Crippen LogP contribution in [-0.2, 0) is 11.2 Å². The fourth-order valence-electron chi connectivity index (χ4n) is 4.16. The number of amides is 2. The highest BCUT2D eigenvalue weighted by Crippen LogP contribution is 2.30. The first-order valence-electron chi connectivity index (χ1n) is 8.74. The molecule has 2 N–H and O–H groups in total. The number of hydrogen-bond acceptors (Lipinski definition) is 3. The summed E-state index contributed by atoms with van der Waals surface area (Å²) in [4.78, 5) is 26.0. The summed E-state index contributed by atoms with van der Waals surface area (Å²) in [6.45, 7) is 3.43. The second-order valence-electron chi connectivity index (χ2n) is 7.09. The van der Waals surface area contributed by atoms with Crippen molar-refractivity contribution in [2.75, 3.05) is 31.5 Å². The van der Waals surface area contributed by atoms with Crippen molar-refractivity contribution in [2.45, 2.75) is 25.7 Å². The Morgan fingerprint density at radius 3 is 2.48 bits per heavy atom. The summed E-state index contributed by atoms with van der Waals surface area (Å²) in [6.07, 6.45) is 2.89. The molecule has 3 aliphatic rings. The maximum Gasteiger partial charge on any atom is 0.256 e. The Kier molecular flexibility index (Phi) is 5.29. The third-order valence-electron chi connectivity index (χ3n) is 5.63. The number of benzene rings is 1. The van der Waals surface area contributed by atoms with Crippen LogP contribution in [0.1, 0.15) is 35.2 Å². The predicted molar refractivity (Wildman–Crippen MR) is 95.6 cm³/mol. The average Bonchev–Trinajstić information content (AvgIpc) is 2.92. The molecule has 2 saturated heterocycles. The van der Waals surface area contributed by atoms with E-state index in [2.05, 4.69) is 10.6 Å². The number of carbonyl (C=O) groups excluding carboxylic acids is 2. The zero-order chi connectivity index (χ0) is 16.7. The fourth-order valence-corrected chi connectivity index (χ4v) is 4.16. The number of nitrogens with one attached hydrogen (secondary N) is 2. The lowest BCUT2D eigenvalue weighted by Gasteiger charge is -2.23. The van der Waals surface area contributed by atoms with Crippen molar-refractivity contribution >= 4 is 29.9 Å². The molecule has 136 valence electrons. The first-order chi connectivity index (χ1) is 11.6. The molecule has 0 aliphatic carbocycles. The van der Waals surface area contributed by atoms with Crippen LogP contribution in [0.3, 0.4) is 0 Å². The molecule has 1 aromatic carbocycles. The third kappa shape index (κ3) is 3.51. The van der Waals surface area contributed by atoms with Gasteiger partial charge in [0.25, 0.3) is 5.91 Å². The second-order valence-corrected chi connectivity index (χ2v) is 7.09. The molecule has 0 radical (unpaired) electrons. The highest BCUT2D eigenvalue weighted by molar-refractivity contribution is 5.98. The minimum atomic E-state index is -0.549. The number of halogens is 2. The van der Waals surface area contributed by atoms with E-state index >= 15 is 0 Å². The summed E-state index contributed by atoms with van der Waals surface area (Å²) in [5, 5.41) is 6.09. The first-order valence-corrected chi connectivity index (χ1v) is 8.74. The Bertz CT molecular complexity index is 683. The second kappa shape index (κ2) is 7.30. The van der Waals surface area contributed by atoms with Gasteiger partial charge in [0, 0.05) is 25.2 Å². The number of rotatable bonds is 1. The van der Waals surface area contributed by atoms with E-state index in [0.717, 1.165) is 31.5 Å². The van der Waals surface area contributed by atoms with E-state index in [1.54, 1.807) is 11.0 Å². The molecule has 2 fully saturated rings. The molecule has 0 aromatic heterocycles. The molecule has 2 amide bonds. The number of fused-ring (bicyclic) bond motifs is 2. The normalized spacial score (nSPS) is 25.3. The summed E-state index contributed by atoms with van der Waals surface area (Å²) in [5.41, 5.74) is 1.47. The molecule has 0 saturated carbocycles. The summed E-state index contributed by atoms with van der Waals surface area (Å²) in [5.74, 6) is 0.388. The monoisotopic (exact) mass is 367 g/mol. The van der Waals surface area contributed by atoms with Crippen LogP contribution in [0, 0.1) is 17.7 Å². The predicted octanol–water partition coefficient (Wildman–Crippen LogP) is 2.20. The minimum absolute atomic E-state index is 0. The van der Waals surface area contributed by atoms with Gasteiger partial charge in [0.15, 0.2) is 0 Å².